The van der Waals surface area contributed by atoms with Gasteiger partial charge in [-0.05, 0) is 24.1 Å². The van der Waals surface area contributed by atoms with Crippen LogP contribution in [0.1, 0.15) is 16.2 Å². The van der Waals surface area contributed by atoms with Gasteiger partial charge in [0.15, 0.2) is 11.5 Å². The molecule has 0 aliphatic rings. The molecule has 0 fully saturated rings. The Bertz CT molecular complexity index is 824. The van der Waals surface area contributed by atoms with Crippen molar-refractivity contribution < 1.29 is 9.72 Å². The predicted molar refractivity (Wildman–Crippen MR) is 83.0 cm³/mol. The third kappa shape index (κ3) is 3.31. The van der Waals surface area contributed by atoms with Gasteiger partial charge in [0.1, 0.15) is 0 Å². The van der Waals surface area contributed by atoms with Crippen LogP contribution in [0.15, 0.2) is 42.6 Å². The summed E-state index contributed by atoms with van der Waals surface area (Å²) in [4.78, 5) is 33.2. The summed E-state index contributed by atoms with van der Waals surface area (Å²) in [5.41, 5.74) is 2.15. The Labute approximate surface area is 130 Å². The minimum absolute atomic E-state index is 0.0487. The summed E-state index contributed by atoms with van der Waals surface area (Å²) in [6.45, 7) is 0.404. The number of amides is 1. The molecule has 1 aromatic carbocycles. The monoisotopic (exact) mass is 311 g/mol. The normalized spacial score (nSPS) is 10.6. The third-order valence-corrected chi connectivity index (χ3v) is 3.32. The molecule has 2 heterocycles. The number of aromatic nitrogens is 3. The highest BCUT2D eigenvalue weighted by Gasteiger charge is 2.11. The molecule has 0 spiro atoms. The van der Waals surface area contributed by atoms with Gasteiger partial charge in [-0.2, -0.15) is 0 Å². The lowest BCUT2D eigenvalue weighted by Crippen LogP contribution is -2.26. The van der Waals surface area contributed by atoms with Crippen LogP contribution in [-0.2, 0) is 6.42 Å². The number of fused-ring (bicyclic) bond motifs is 1. The molecule has 0 aliphatic carbocycles. The van der Waals surface area contributed by atoms with Crippen LogP contribution in [0.25, 0.3) is 11.2 Å². The van der Waals surface area contributed by atoms with Crippen molar-refractivity contribution in [3.63, 3.8) is 0 Å². The first-order chi connectivity index (χ1) is 11.1. The predicted octanol–water partition coefficient (Wildman–Crippen LogP) is 1.84. The number of pyridine rings is 1. The number of carbonyl (C=O) groups excluding carboxylic acids is 1. The SMILES string of the molecule is O=C(NCCc1ccc([N+](=O)[O-])cc1)c1nc2ncccc2[nH]1. The van der Waals surface area contributed by atoms with E-state index < -0.39 is 4.92 Å². The lowest BCUT2D eigenvalue weighted by Gasteiger charge is -2.03. The summed E-state index contributed by atoms with van der Waals surface area (Å²) in [5.74, 6) is -0.104. The second-order valence-electron chi connectivity index (χ2n) is 4.89. The Morgan fingerprint density at radius 3 is 2.74 bits per heavy atom. The average molecular weight is 311 g/mol. The number of hydrogen-bond donors (Lipinski definition) is 2. The van der Waals surface area contributed by atoms with Crippen LogP contribution in [-0.4, -0.2) is 32.3 Å². The molecule has 2 aromatic heterocycles. The Kier molecular flexibility index (Phi) is 3.96. The van der Waals surface area contributed by atoms with Crippen molar-refractivity contribution in [1.29, 1.82) is 0 Å². The molecule has 0 saturated carbocycles. The van der Waals surface area contributed by atoms with Crippen molar-refractivity contribution in [3.05, 3.63) is 64.1 Å². The van der Waals surface area contributed by atoms with Crippen molar-refractivity contribution >= 4 is 22.8 Å². The van der Waals surface area contributed by atoms with E-state index in [1.54, 1.807) is 30.5 Å². The fraction of sp³-hybridized carbons (Fsp3) is 0.133. The molecule has 0 radical (unpaired) electrons. The van der Waals surface area contributed by atoms with Crippen LogP contribution < -0.4 is 5.32 Å². The number of aromatic amines is 1. The van der Waals surface area contributed by atoms with Gasteiger partial charge in [0.05, 0.1) is 10.4 Å². The molecule has 1 amide bonds. The van der Waals surface area contributed by atoms with Gasteiger partial charge >= 0.3 is 0 Å². The Balaban J connectivity index is 1.57. The maximum atomic E-state index is 12.0. The van der Waals surface area contributed by atoms with Gasteiger partial charge < -0.3 is 10.3 Å². The van der Waals surface area contributed by atoms with Crippen LogP contribution in [0.2, 0.25) is 0 Å². The van der Waals surface area contributed by atoms with Crippen LogP contribution in [0, 0.1) is 10.1 Å². The summed E-state index contributed by atoms with van der Waals surface area (Å²) < 4.78 is 0. The highest BCUT2D eigenvalue weighted by molar-refractivity contribution is 5.93. The molecular formula is C15H13N5O3. The second-order valence-corrected chi connectivity index (χ2v) is 4.89. The van der Waals surface area contributed by atoms with E-state index in [4.69, 9.17) is 0 Å². The fourth-order valence-corrected chi connectivity index (χ4v) is 2.14. The number of non-ortho nitro benzene ring substituents is 1. The molecule has 23 heavy (non-hydrogen) atoms. The number of nitrogens with one attached hydrogen (secondary N) is 2. The summed E-state index contributed by atoms with van der Waals surface area (Å²) in [6.07, 6.45) is 2.18. The summed E-state index contributed by atoms with van der Waals surface area (Å²) in [5, 5.41) is 13.3. The zero-order chi connectivity index (χ0) is 16.2. The number of nitrogens with zero attached hydrogens (tertiary/aromatic N) is 3. The Morgan fingerprint density at radius 2 is 2.04 bits per heavy atom. The number of nitro benzene ring substituents is 1. The number of nitro groups is 1. The maximum Gasteiger partial charge on any atom is 0.287 e. The van der Waals surface area contributed by atoms with E-state index in [1.807, 2.05) is 0 Å². The molecule has 8 nitrogen and oxygen atoms in total. The highest BCUT2D eigenvalue weighted by Crippen LogP contribution is 2.12. The number of rotatable bonds is 5. The van der Waals surface area contributed by atoms with Crippen LogP contribution in [0.4, 0.5) is 5.69 Å². The summed E-state index contributed by atoms with van der Waals surface area (Å²) in [6, 6.07) is 9.80. The number of hydrogen-bond acceptors (Lipinski definition) is 5. The topological polar surface area (TPSA) is 114 Å². The van der Waals surface area contributed by atoms with Crippen molar-refractivity contribution in [2.75, 3.05) is 6.54 Å². The second kappa shape index (κ2) is 6.22. The average Bonchev–Trinajstić information content (AvgIpc) is 2.99. The van der Waals surface area contributed by atoms with E-state index in [2.05, 4.69) is 20.3 Å². The van der Waals surface area contributed by atoms with Gasteiger partial charge in [-0.15, -0.1) is 0 Å². The highest BCUT2D eigenvalue weighted by atomic mass is 16.6. The first-order valence-corrected chi connectivity index (χ1v) is 6.96. The van der Waals surface area contributed by atoms with E-state index in [1.165, 1.54) is 12.1 Å². The molecular weight excluding hydrogens is 298 g/mol. The molecule has 0 aliphatic heterocycles. The van der Waals surface area contributed by atoms with Crippen molar-refractivity contribution in [2.24, 2.45) is 0 Å². The molecule has 0 unspecified atom stereocenters. The van der Waals surface area contributed by atoms with Gasteiger partial charge in [0.2, 0.25) is 0 Å². The third-order valence-electron chi connectivity index (χ3n) is 3.32. The van der Waals surface area contributed by atoms with E-state index in [9.17, 15) is 14.9 Å². The first kappa shape index (κ1) is 14.6. The van der Waals surface area contributed by atoms with Crippen molar-refractivity contribution in [1.82, 2.24) is 20.3 Å². The summed E-state index contributed by atoms with van der Waals surface area (Å²) in [7, 11) is 0. The van der Waals surface area contributed by atoms with E-state index in [-0.39, 0.29) is 17.4 Å². The number of imidazole rings is 1. The van der Waals surface area contributed by atoms with Crippen LogP contribution in [0.3, 0.4) is 0 Å². The molecule has 2 N–H and O–H groups in total. The lowest BCUT2D eigenvalue weighted by molar-refractivity contribution is -0.384. The van der Waals surface area contributed by atoms with Gasteiger partial charge in [0.25, 0.3) is 11.6 Å². The molecule has 0 bridgehead atoms. The lowest BCUT2D eigenvalue weighted by atomic mass is 10.1. The van der Waals surface area contributed by atoms with Crippen LogP contribution >= 0.6 is 0 Å². The smallest absolute Gasteiger partial charge is 0.287 e. The number of carbonyl (C=O) groups is 1. The molecule has 3 aromatic rings. The largest absolute Gasteiger partial charge is 0.349 e. The minimum Gasteiger partial charge on any atom is -0.349 e. The van der Waals surface area contributed by atoms with Gasteiger partial charge in [-0.1, -0.05) is 12.1 Å². The Hall–Kier alpha value is -3.29. The summed E-state index contributed by atoms with van der Waals surface area (Å²) >= 11 is 0. The molecule has 0 atom stereocenters. The number of benzene rings is 1. The van der Waals surface area contributed by atoms with Gasteiger partial charge in [-0.25, -0.2) is 9.97 Å². The first-order valence-electron chi connectivity index (χ1n) is 6.96. The molecule has 116 valence electrons. The maximum absolute atomic E-state index is 12.0. The zero-order valence-corrected chi connectivity index (χ0v) is 12.0. The van der Waals surface area contributed by atoms with E-state index in [0.717, 1.165) is 5.56 Å². The molecule has 0 saturated heterocycles. The van der Waals surface area contributed by atoms with Crippen LogP contribution in [0.5, 0.6) is 0 Å². The molecule has 3 rings (SSSR count). The Morgan fingerprint density at radius 1 is 1.26 bits per heavy atom. The zero-order valence-electron chi connectivity index (χ0n) is 12.0. The molecule has 8 heteroatoms. The van der Waals surface area contributed by atoms with Gasteiger partial charge in [0, 0.05) is 24.9 Å². The quantitative estimate of drug-likeness (QED) is 0.551. The number of H-pyrrole nitrogens is 1. The van der Waals surface area contributed by atoms with E-state index >= 15 is 0 Å². The van der Waals surface area contributed by atoms with Crippen molar-refractivity contribution in [3.8, 4) is 0 Å². The standard InChI is InChI=1S/C15H13N5O3/c21-15(14-18-12-2-1-8-16-13(12)19-14)17-9-7-10-3-5-11(6-4-10)20(22)23/h1-6,8H,7,9H2,(H,17,21)(H,16,18,19). The van der Waals surface area contributed by atoms with Gasteiger partial charge in [-0.3, -0.25) is 14.9 Å². The fourth-order valence-electron chi connectivity index (χ4n) is 2.14. The van der Waals surface area contributed by atoms with E-state index in [0.29, 0.717) is 24.1 Å². The minimum atomic E-state index is -0.443. The van der Waals surface area contributed by atoms with Crippen molar-refractivity contribution in [2.45, 2.75) is 6.42 Å².